The van der Waals surface area contributed by atoms with Gasteiger partial charge in [0.05, 0.1) is 31.9 Å². The number of aliphatic hydroxyl groups excluding tert-OH is 1. The van der Waals surface area contributed by atoms with Gasteiger partial charge >= 0.3 is 0 Å². The lowest BCUT2D eigenvalue weighted by Crippen LogP contribution is -2.31. The smallest absolute Gasteiger partial charge is 0.295 e. The Bertz CT molecular complexity index is 1130. The Hall–Kier alpha value is -3.52. The van der Waals surface area contributed by atoms with Crippen molar-refractivity contribution in [3.63, 3.8) is 0 Å². The number of unbranched alkanes of at least 4 members (excludes halogenated alkanes) is 2. The van der Waals surface area contributed by atoms with Crippen LogP contribution in [0.2, 0.25) is 0 Å². The third-order valence-electron chi connectivity index (χ3n) is 6.38. The number of carbonyl (C=O) groups is 2. The molecule has 0 aliphatic carbocycles. The molecule has 8 nitrogen and oxygen atoms in total. The Morgan fingerprint density at radius 1 is 0.895 bits per heavy atom. The molecule has 1 saturated heterocycles. The molecule has 2 aromatic carbocycles. The number of methoxy groups -OCH3 is 2. The van der Waals surface area contributed by atoms with Gasteiger partial charge in [-0.05, 0) is 49.1 Å². The number of Topliss-reactive ketones (excluding diaryl/α,β-unsaturated/α-hetero) is 1. The quantitative estimate of drug-likeness (QED) is 0.142. The maximum absolute atomic E-state index is 13.3. The van der Waals surface area contributed by atoms with Crippen LogP contribution in [0.25, 0.3) is 5.76 Å². The molecule has 1 unspecified atom stereocenters. The van der Waals surface area contributed by atoms with Crippen molar-refractivity contribution >= 4 is 17.4 Å². The number of hydrogen-bond donors (Lipinski definition) is 1. The van der Waals surface area contributed by atoms with Crippen LogP contribution < -0.4 is 14.2 Å². The maximum atomic E-state index is 13.3. The van der Waals surface area contributed by atoms with Crippen molar-refractivity contribution in [1.82, 2.24) is 4.90 Å². The molecule has 0 radical (unpaired) electrons. The van der Waals surface area contributed by atoms with Gasteiger partial charge in [-0.1, -0.05) is 44.9 Å². The monoisotopic (exact) mass is 525 g/mol. The number of carbonyl (C=O) groups excluding carboxylic acids is 2. The van der Waals surface area contributed by atoms with E-state index in [0.717, 1.165) is 25.7 Å². The third-order valence-corrected chi connectivity index (χ3v) is 6.38. The first-order chi connectivity index (χ1) is 18.5. The van der Waals surface area contributed by atoms with Crippen LogP contribution in [-0.2, 0) is 14.3 Å². The van der Waals surface area contributed by atoms with Crippen LogP contribution in [0, 0.1) is 0 Å². The second-order valence-electron chi connectivity index (χ2n) is 9.18. The van der Waals surface area contributed by atoms with E-state index in [0.29, 0.717) is 54.6 Å². The minimum absolute atomic E-state index is 0.0266. The van der Waals surface area contributed by atoms with Gasteiger partial charge in [0.15, 0.2) is 11.5 Å². The Balaban J connectivity index is 2.05. The molecule has 3 rings (SSSR count). The summed E-state index contributed by atoms with van der Waals surface area (Å²) < 4.78 is 22.4. The van der Waals surface area contributed by atoms with Crippen LogP contribution in [0.5, 0.6) is 17.2 Å². The van der Waals surface area contributed by atoms with Crippen LogP contribution in [0.3, 0.4) is 0 Å². The molecule has 1 aliphatic heterocycles. The topological polar surface area (TPSA) is 94.5 Å². The number of nitrogens with zero attached hydrogens (tertiary/aromatic N) is 1. The number of hydrogen-bond acceptors (Lipinski definition) is 7. The van der Waals surface area contributed by atoms with Gasteiger partial charge in [0.2, 0.25) is 0 Å². The maximum Gasteiger partial charge on any atom is 0.295 e. The Kier molecular flexibility index (Phi) is 11.0. The molecule has 0 aromatic heterocycles. The molecule has 1 atom stereocenters. The largest absolute Gasteiger partial charge is 0.507 e. The molecule has 0 spiro atoms. The molecule has 206 valence electrons. The first-order valence-corrected chi connectivity index (χ1v) is 13.3. The highest BCUT2D eigenvalue weighted by Crippen LogP contribution is 2.42. The fourth-order valence-electron chi connectivity index (χ4n) is 4.45. The summed E-state index contributed by atoms with van der Waals surface area (Å²) >= 11 is 0. The second kappa shape index (κ2) is 14.4. The van der Waals surface area contributed by atoms with Gasteiger partial charge in [0.1, 0.15) is 11.5 Å². The first-order valence-electron chi connectivity index (χ1n) is 13.3. The van der Waals surface area contributed by atoms with Crippen molar-refractivity contribution in [1.29, 1.82) is 0 Å². The van der Waals surface area contributed by atoms with E-state index in [4.69, 9.17) is 18.9 Å². The van der Waals surface area contributed by atoms with Gasteiger partial charge in [-0.2, -0.15) is 0 Å². The first kappa shape index (κ1) is 29.0. The molecule has 0 bridgehead atoms. The molecular formula is C30H39NO7. The highest BCUT2D eigenvalue weighted by molar-refractivity contribution is 6.46. The average molecular weight is 526 g/mol. The zero-order valence-corrected chi connectivity index (χ0v) is 22.8. The molecule has 1 N–H and O–H groups in total. The molecule has 1 amide bonds. The minimum Gasteiger partial charge on any atom is -0.507 e. The van der Waals surface area contributed by atoms with Gasteiger partial charge in [-0.3, -0.25) is 9.59 Å². The van der Waals surface area contributed by atoms with E-state index in [1.807, 2.05) is 13.0 Å². The lowest BCUT2D eigenvalue weighted by Gasteiger charge is -2.26. The zero-order chi connectivity index (χ0) is 27.5. The summed E-state index contributed by atoms with van der Waals surface area (Å²) in [6.07, 6.45) is 4.47. The number of rotatable bonds is 15. The summed E-state index contributed by atoms with van der Waals surface area (Å²) in [5, 5.41) is 11.4. The molecule has 8 heteroatoms. The normalized spacial score (nSPS) is 16.6. The highest BCUT2D eigenvalue weighted by atomic mass is 16.5. The summed E-state index contributed by atoms with van der Waals surface area (Å²) in [5.74, 6) is 0.0193. The third kappa shape index (κ3) is 6.86. The van der Waals surface area contributed by atoms with E-state index < -0.39 is 17.7 Å². The molecule has 1 aliphatic rings. The molecule has 2 aromatic rings. The van der Waals surface area contributed by atoms with E-state index in [2.05, 4.69) is 6.92 Å². The lowest BCUT2D eigenvalue weighted by atomic mass is 9.95. The second-order valence-corrected chi connectivity index (χ2v) is 9.18. The number of likely N-dealkylation sites (tertiary alicyclic amines) is 1. The molecule has 38 heavy (non-hydrogen) atoms. The summed E-state index contributed by atoms with van der Waals surface area (Å²) in [6, 6.07) is 11.5. The van der Waals surface area contributed by atoms with E-state index in [1.54, 1.807) is 50.6 Å². The molecule has 1 fully saturated rings. The van der Waals surface area contributed by atoms with Crippen LogP contribution in [0.15, 0.2) is 48.0 Å². The van der Waals surface area contributed by atoms with Crippen molar-refractivity contribution in [2.24, 2.45) is 0 Å². The number of aliphatic hydroxyl groups is 1. The fourth-order valence-corrected chi connectivity index (χ4v) is 4.45. The molecule has 1 heterocycles. The van der Waals surface area contributed by atoms with Crippen molar-refractivity contribution in [3.05, 3.63) is 59.2 Å². The summed E-state index contributed by atoms with van der Waals surface area (Å²) in [4.78, 5) is 28.0. The Labute approximate surface area is 225 Å². The molecular weight excluding hydrogens is 486 g/mol. The van der Waals surface area contributed by atoms with Crippen LogP contribution in [0.4, 0.5) is 0 Å². The highest BCUT2D eigenvalue weighted by Gasteiger charge is 2.46. The summed E-state index contributed by atoms with van der Waals surface area (Å²) in [7, 11) is 3.14. The van der Waals surface area contributed by atoms with Crippen molar-refractivity contribution < 1.29 is 33.6 Å². The van der Waals surface area contributed by atoms with Gasteiger partial charge in [-0.15, -0.1) is 0 Å². The zero-order valence-electron chi connectivity index (χ0n) is 22.8. The standard InChI is InChI=1S/C30H39NO7/c1-5-7-8-18-38-24-14-13-21(20-25(24)36-4)27-26(29(33)30(34)31(27)15-10-17-35-3)28(32)22-11-9-12-23(19-22)37-16-6-2/h9,11-14,19-20,27,32H,5-8,10,15-18H2,1-4H3/b28-26+. The van der Waals surface area contributed by atoms with Gasteiger partial charge in [0.25, 0.3) is 11.7 Å². The fraction of sp³-hybridized carbons (Fsp3) is 0.467. The van der Waals surface area contributed by atoms with Crippen LogP contribution in [0.1, 0.15) is 63.1 Å². The number of ketones is 1. The van der Waals surface area contributed by atoms with Crippen molar-refractivity contribution in [3.8, 4) is 17.2 Å². The predicted octanol–water partition coefficient (Wildman–Crippen LogP) is 5.51. The minimum atomic E-state index is -0.796. The van der Waals surface area contributed by atoms with E-state index in [1.165, 1.54) is 4.90 Å². The Morgan fingerprint density at radius 2 is 1.71 bits per heavy atom. The van der Waals surface area contributed by atoms with Crippen molar-refractivity contribution in [2.45, 2.75) is 52.0 Å². The van der Waals surface area contributed by atoms with Gasteiger partial charge in [-0.25, -0.2) is 0 Å². The van der Waals surface area contributed by atoms with Crippen LogP contribution >= 0.6 is 0 Å². The number of amides is 1. The average Bonchev–Trinajstić information content (AvgIpc) is 3.19. The van der Waals surface area contributed by atoms with Gasteiger partial charge in [0, 0.05) is 25.8 Å². The van der Waals surface area contributed by atoms with Gasteiger partial charge < -0.3 is 29.0 Å². The lowest BCUT2D eigenvalue weighted by molar-refractivity contribution is -0.140. The number of ether oxygens (including phenoxy) is 4. The van der Waals surface area contributed by atoms with Crippen LogP contribution in [-0.4, -0.2) is 62.3 Å². The van der Waals surface area contributed by atoms with E-state index in [-0.39, 0.29) is 17.9 Å². The summed E-state index contributed by atoms with van der Waals surface area (Å²) in [6.45, 7) is 5.95. The van der Waals surface area contributed by atoms with E-state index in [9.17, 15) is 14.7 Å². The predicted molar refractivity (Wildman–Crippen MR) is 146 cm³/mol. The number of benzene rings is 2. The SMILES string of the molecule is CCCCCOc1ccc(C2/C(=C(\O)c3cccc(OCCC)c3)C(=O)C(=O)N2CCCOC)cc1OC. The van der Waals surface area contributed by atoms with E-state index >= 15 is 0 Å². The van der Waals surface area contributed by atoms with Crippen molar-refractivity contribution in [2.75, 3.05) is 40.6 Å². The Morgan fingerprint density at radius 3 is 2.42 bits per heavy atom. The summed E-state index contributed by atoms with van der Waals surface area (Å²) in [5.41, 5.74) is 1.07. The molecule has 0 saturated carbocycles.